The van der Waals surface area contributed by atoms with E-state index in [1.807, 2.05) is 38.1 Å². The van der Waals surface area contributed by atoms with Crippen molar-refractivity contribution in [3.05, 3.63) is 46.9 Å². The number of ether oxygens (including phenoxy) is 1. The second kappa shape index (κ2) is 5.36. The molecule has 2 aromatic rings. The van der Waals surface area contributed by atoms with Crippen LogP contribution in [0.4, 0.5) is 5.82 Å². The largest absolute Gasteiger partial charge is 0.485 e. The van der Waals surface area contributed by atoms with Crippen LogP contribution >= 0.6 is 0 Å². The Balaban J connectivity index is 2.13. The number of aryl methyl sites for hydroxylation is 2. The van der Waals surface area contributed by atoms with E-state index in [2.05, 4.69) is 9.97 Å². The monoisotopic (exact) mass is 254 g/mol. The topological polar surface area (TPSA) is 84.8 Å². The Kier molecular flexibility index (Phi) is 3.62. The number of benzene rings is 1. The molecule has 0 atom stereocenters. The van der Waals surface area contributed by atoms with Gasteiger partial charge in [-0.25, -0.2) is 9.97 Å². The SMILES string of the molecule is Cc1ccc(C)c(OCc2ncc(C#N)c(N)n2)c1. The molecular formula is C14H14N4O. The van der Waals surface area contributed by atoms with Crippen molar-refractivity contribution < 1.29 is 4.74 Å². The van der Waals surface area contributed by atoms with E-state index in [0.29, 0.717) is 5.82 Å². The summed E-state index contributed by atoms with van der Waals surface area (Å²) in [7, 11) is 0. The summed E-state index contributed by atoms with van der Waals surface area (Å²) >= 11 is 0. The lowest BCUT2D eigenvalue weighted by Crippen LogP contribution is -2.06. The van der Waals surface area contributed by atoms with Crippen LogP contribution in [0.1, 0.15) is 22.5 Å². The van der Waals surface area contributed by atoms with Gasteiger partial charge in [0.05, 0.1) is 6.20 Å². The number of hydrogen-bond donors (Lipinski definition) is 1. The highest BCUT2D eigenvalue weighted by Gasteiger charge is 2.05. The van der Waals surface area contributed by atoms with Gasteiger partial charge in [0.25, 0.3) is 0 Å². The average molecular weight is 254 g/mol. The van der Waals surface area contributed by atoms with E-state index in [1.54, 1.807) is 0 Å². The predicted molar refractivity (Wildman–Crippen MR) is 71.4 cm³/mol. The molecule has 0 fully saturated rings. The minimum absolute atomic E-state index is 0.178. The van der Waals surface area contributed by atoms with E-state index in [1.165, 1.54) is 6.20 Å². The van der Waals surface area contributed by atoms with Crippen molar-refractivity contribution in [2.75, 3.05) is 5.73 Å². The summed E-state index contributed by atoms with van der Waals surface area (Å²) < 4.78 is 5.67. The van der Waals surface area contributed by atoms with Gasteiger partial charge in [0, 0.05) is 0 Å². The van der Waals surface area contributed by atoms with Gasteiger partial charge in [0.15, 0.2) is 5.82 Å². The second-order valence-corrected chi connectivity index (χ2v) is 4.25. The van der Waals surface area contributed by atoms with Gasteiger partial charge in [-0.1, -0.05) is 12.1 Å². The minimum atomic E-state index is 0.178. The van der Waals surface area contributed by atoms with Crippen molar-refractivity contribution in [3.8, 4) is 11.8 Å². The number of hydrogen-bond acceptors (Lipinski definition) is 5. The molecule has 0 aliphatic rings. The summed E-state index contributed by atoms with van der Waals surface area (Å²) in [6.07, 6.45) is 1.41. The molecule has 2 rings (SSSR count). The standard InChI is InChI=1S/C14H14N4O/c1-9-3-4-10(2)12(5-9)19-8-13-17-7-11(6-15)14(16)18-13/h3-5,7H,8H2,1-2H3,(H2,16,17,18). The molecule has 1 aromatic heterocycles. The van der Waals surface area contributed by atoms with Gasteiger partial charge in [-0.3, -0.25) is 0 Å². The van der Waals surface area contributed by atoms with Crippen LogP contribution in [0.2, 0.25) is 0 Å². The summed E-state index contributed by atoms with van der Waals surface area (Å²) in [5.41, 5.74) is 8.07. The molecule has 0 spiro atoms. The minimum Gasteiger partial charge on any atom is -0.485 e. The van der Waals surface area contributed by atoms with Crippen LogP contribution in [0.3, 0.4) is 0 Å². The molecule has 0 radical (unpaired) electrons. The Hall–Kier alpha value is -2.61. The van der Waals surface area contributed by atoms with E-state index >= 15 is 0 Å². The van der Waals surface area contributed by atoms with E-state index in [9.17, 15) is 0 Å². The molecule has 2 N–H and O–H groups in total. The first-order valence-corrected chi connectivity index (χ1v) is 5.81. The zero-order valence-electron chi connectivity index (χ0n) is 10.8. The molecule has 0 saturated carbocycles. The summed E-state index contributed by atoms with van der Waals surface area (Å²) in [6.45, 7) is 4.20. The van der Waals surface area contributed by atoms with Gasteiger partial charge in [0.1, 0.15) is 29.8 Å². The third kappa shape index (κ3) is 2.99. The third-order valence-electron chi connectivity index (χ3n) is 2.69. The lowest BCUT2D eigenvalue weighted by Gasteiger charge is -2.09. The maximum Gasteiger partial charge on any atom is 0.168 e. The molecule has 0 saturated heterocycles. The van der Waals surface area contributed by atoms with Crippen LogP contribution in [0.25, 0.3) is 0 Å². The fourth-order valence-corrected chi connectivity index (χ4v) is 1.59. The zero-order chi connectivity index (χ0) is 13.8. The Bertz CT molecular complexity index is 646. The van der Waals surface area contributed by atoms with Gasteiger partial charge in [0.2, 0.25) is 0 Å². The summed E-state index contributed by atoms with van der Waals surface area (Å²) in [5.74, 6) is 1.43. The van der Waals surface area contributed by atoms with Crippen molar-refractivity contribution >= 4 is 5.82 Å². The Morgan fingerprint density at radius 2 is 2.16 bits per heavy atom. The van der Waals surface area contributed by atoms with Crippen LogP contribution in [0, 0.1) is 25.2 Å². The molecule has 5 nitrogen and oxygen atoms in total. The number of anilines is 1. The Labute approximate surface area is 111 Å². The number of rotatable bonds is 3. The van der Waals surface area contributed by atoms with Gasteiger partial charge in [-0.2, -0.15) is 5.26 Å². The lowest BCUT2D eigenvalue weighted by atomic mass is 10.1. The first kappa shape index (κ1) is 12.8. The highest BCUT2D eigenvalue weighted by Crippen LogP contribution is 2.20. The van der Waals surface area contributed by atoms with Crippen molar-refractivity contribution in [3.63, 3.8) is 0 Å². The normalized spacial score (nSPS) is 9.95. The maximum absolute atomic E-state index is 8.74. The van der Waals surface area contributed by atoms with E-state index in [0.717, 1.165) is 16.9 Å². The fourth-order valence-electron chi connectivity index (χ4n) is 1.59. The van der Waals surface area contributed by atoms with Gasteiger partial charge in [-0.15, -0.1) is 0 Å². The van der Waals surface area contributed by atoms with Crippen molar-refractivity contribution in [2.24, 2.45) is 0 Å². The predicted octanol–water partition coefficient (Wildman–Crippen LogP) is 2.13. The second-order valence-electron chi connectivity index (χ2n) is 4.25. The smallest absolute Gasteiger partial charge is 0.168 e. The van der Waals surface area contributed by atoms with E-state index in [4.69, 9.17) is 15.7 Å². The fraction of sp³-hybridized carbons (Fsp3) is 0.214. The number of nitriles is 1. The molecule has 19 heavy (non-hydrogen) atoms. The number of nitrogens with two attached hydrogens (primary N) is 1. The molecule has 0 bridgehead atoms. The lowest BCUT2D eigenvalue weighted by molar-refractivity contribution is 0.294. The molecule has 0 aliphatic carbocycles. The molecular weight excluding hydrogens is 240 g/mol. The molecule has 0 amide bonds. The molecule has 0 unspecified atom stereocenters. The Morgan fingerprint density at radius 3 is 2.84 bits per heavy atom. The molecule has 1 heterocycles. The van der Waals surface area contributed by atoms with Crippen LogP contribution in [-0.4, -0.2) is 9.97 Å². The summed E-state index contributed by atoms with van der Waals surface area (Å²) in [5, 5.41) is 8.74. The highest BCUT2D eigenvalue weighted by molar-refractivity contribution is 5.46. The summed E-state index contributed by atoms with van der Waals surface area (Å²) in [4.78, 5) is 8.07. The molecule has 1 aromatic carbocycles. The van der Waals surface area contributed by atoms with Crippen LogP contribution in [0.15, 0.2) is 24.4 Å². The average Bonchev–Trinajstić information content (AvgIpc) is 2.40. The number of nitrogens with zero attached hydrogens (tertiary/aromatic N) is 3. The van der Waals surface area contributed by atoms with Crippen molar-refractivity contribution in [1.82, 2.24) is 9.97 Å². The van der Waals surface area contributed by atoms with E-state index in [-0.39, 0.29) is 18.0 Å². The first-order chi connectivity index (χ1) is 9.10. The third-order valence-corrected chi connectivity index (χ3v) is 2.69. The van der Waals surface area contributed by atoms with Crippen molar-refractivity contribution in [2.45, 2.75) is 20.5 Å². The zero-order valence-corrected chi connectivity index (χ0v) is 10.8. The van der Waals surface area contributed by atoms with E-state index < -0.39 is 0 Å². The van der Waals surface area contributed by atoms with Gasteiger partial charge >= 0.3 is 0 Å². The number of nitrogen functional groups attached to an aromatic ring is 1. The Morgan fingerprint density at radius 1 is 1.37 bits per heavy atom. The summed E-state index contributed by atoms with van der Waals surface area (Å²) in [6, 6.07) is 7.91. The van der Waals surface area contributed by atoms with Crippen molar-refractivity contribution in [1.29, 1.82) is 5.26 Å². The van der Waals surface area contributed by atoms with Gasteiger partial charge in [-0.05, 0) is 31.0 Å². The molecule has 5 heteroatoms. The molecule has 96 valence electrons. The highest BCUT2D eigenvalue weighted by atomic mass is 16.5. The quantitative estimate of drug-likeness (QED) is 0.906. The number of aromatic nitrogens is 2. The van der Waals surface area contributed by atoms with Crippen LogP contribution in [-0.2, 0) is 6.61 Å². The molecule has 0 aliphatic heterocycles. The maximum atomic E-state index is 8.74. The van der Waals surface area contributed by atoms with Crippen LogP contribution in [0.5, 0.6) is 5.75 Å². The van der Waals surface area contributed by atoms with Crippen LogP contribution < -0.4 is 10.5 Å². The van der Waals surface area contributed by atoms with Gasteiger partial charge < -0.3 is 10.5 Å². The first-order valence-electron chi connectivity index (χ1n) is 5.81.